The Hall–Kier alpha value is -0.370. The quantitative estimate of drug-likeness (QED) is 0.577. The maximum Gasteiger partial charge on any atom is 0.0443 e. The summed E-state index contributed by atoms with van der Waals surface area (Å²) in [5.41, 5.74) is 1.47. The Balaban J connectivity index is 2.08. The van der Waals surface area contributed by atoms with Gasteiger partial charge >= 0.3 is 0 Å². The third kappa shape index (κ3) is 1.53. The van der Waals surface area contributed by atoms with Gasteiger partial charge < -0.3 is 0 Å². The molecule has 0 aromatic rings. The van der Waals surface area contributed by atoms with Crippen molar-refractivity contribution in [2.45, 2.75) is 32.7 Å². The molecule has 3 aliphatic heterocycles. The molecule has 3 rings (SSSR count). The van der Waals surface area contributed by atoms with Gasteiger partial charge in [-0.1, -0.05) is 0 Å². The van der Waals surface area contributed by atoms with Gasteiger partial charge in [-0.05, 0) is 39.8 Å². The Kier molecular flexibility index (Phi) is 2.18. The number of fused-ring (bicyclic) bond motifs is 3. The van der Waals surface area contributed by atoms with Gasteiger partial charge in [0.15, 0.2) is 0 Å². The van der Waals surface area contributed by atoms with E-state index >= 15 is 0 Å². The summed E-state index contributed by atoms with van der Waals surface area (Å²) >= 11 is 0. The Morgan fingerprint density at radius 2 is 2.00 bits per heavy atom. The standard InChI is InChI=1S/C10H18N2/c1-8(2)11-10-7-12-5-3-9(10)4-6-12/h8-9H,3-7H2,1-2H3. The zero-order valence-corrected chi connectivity index (χ0v) is 8.08. The molecule has 68 valence electrons. The van der Waals surface area contributed by atoms with E-state index in [0.717, 1.165) is 12.5 Å². The largest absolute Gasteiger partial charge is 0.298 e. The minimum Gasteiger partial charge on any atom is -0.298 e. The average Bonchev–Trinajstić information content (AvgIpc) is 2.05. The van der Waals surface area contributed by atoms with Crippen LogP contribution in [0.15, 0.2) is 4.99 Å². The van der Waals surface area contributed by atoms with Crippen molar-refractivity contribution in [2.75, 3.05) is 19.6 Å². The molecule has 3 saturated heterocycles. The van der Waals surface area contributed by atoms with Crippen LogP contribution >= 0.6 is 0 Å². The van der Waals surface area contributed by atoms with Crippen LogP contribution in [0.5, 0.6) is 0 Å². The normalized spacial score (nSPS) is 38.1. The zero-order chi connectivity index (χ0) is 8.55. The van der Waals surface area contributed by atoms with Gasteiger partial charge in [0.05, 0.1) is 0 Å². The Bertz CT molecular complexity index is 188. The third-order valence-corrected chi connectivity index (χ3v) is 2.87. The number of hydrogen-bond donors (Lipinski definition) is 0. The van der Waals surface area contributed by atoms with Crippen LogP contribution in [-0.4, -0.2) is 36.3 Å². The van der Waals surface area contributed by atoms with Crippen molar-refractivity contribution in [3.8, 4) is 0 Å². The van der Waals surface area contributed by atoms with Crippen molar-refractivity contribution in [2.24, 2.45) is 10.9 Å². The molecule has 0 atom stereocenters. The SMILES string of the molecule is CC(C)N=C1CN2CCC1CC2. The zero-order valence-electron chi connectivity index (χ0n) is 8.08. The lowest BCUT2D eigenvalue weighted by atomic mass is 9.86. The molecular weight excluding hydrogens is 148 g/mol. The van der Waals surface area contributed by atoms with E-state index in [1.54, 1.807) is 0 Å². The molecule has 0 radical (unpaired) electrons. The van der Waals surface area contributed by atoms with Gasteiger partial charge in [-0.25, -0.2) is 0 Å². The van der Waals surface area contributed by atoms with Crippen molar-refractivity contribution in [3.05, 3.63) is 0 Å². The lowest BCUT2D eigenvalue weighted by molar-refractivity contribution is 0.199. The van der Waals surface area contributed by atoms with Crippen molar-refractivity contribution in [3.63, 3.8) is 0 Å². The van der Waals surface area contributed by atoms with Crippen LogP contribution in [0.25, 0.3) is 0 Å². The Labute approximate surface area is 74.7 Å². The monoisotopic (exact) mass is 166 g/mol. The van der Waals surface area contributed by atoms with Crippen LogP contribution in [-0.2, 0) is 0 Å². The molecule has 3 fully saturated rings. The predicted octanol–water partition coefficient (Wildman–Crippen LogP) is 1.56. The van der Waals surface area contributed by atoms with E-state index in [9.17, 15) is 0 Å². The molecule has 3 aliphatic rings. The molecule has 0 aromatic heterocycles. The van der Waals surface area contributed by atoms with Gasteiger partial charge in [-0.3, -0.25) is 9.89 Å². The second kappa shape index (κ2) is 3.17. The fourth-order valence-corrected chi connectivity index (χ4v) is 2.26. The molecule has 0 aromatic carbocycles. The highest BCUT2D eigenvalue weighted by atomic mass is 15.2. The summed E-state index contributed by atoms with van der Waals surface area (Å²) in [5.74, 6) is 0.831. The predicted molar refractivity (Wildman–Crippen MR) is 51.7 cm³/mol. The van der Waals surface area contributed by atoms with E-state index in [2.05, 4.69) is 18.7 Å². The summed E-state index contributed by atoms with van der Waals surface area (Å²) in [6.07, 6.45) is 2.71. The molecule has 3 heterocycles. The van der Waals surface area contributed by atoms with Gasteiger partial charge in [0.1, 0.15) is 0 Å². The number of nitrogens with zero attached hydrogens (tertiary/aromatic N) is 2. The minimum atomic E-state index is 0.487. The fourth-order valence-electron chi connectivity index (χ4n) is 2.26. The van der Waals surface area contributed by atoms with Gasteiger partial charge in [0.2, 0.25) is 0 Å². The van der Waals surface area contributed by atoms with Crippen molar-refractivity contribution >= 4 is 5.71 Å². The summed E-state index contributed by atoms with van der Waals surface area (Å²) in [5, 5.41) is 0. The van der Waals surface area contributed by atoms with Crippen molar-refractivity contribution in [1.82, 2.24) is 4.90 Å². The third-order valence-electron chi connectivity index (χ3n) is 2.87. The maximum atomic E-state index is 4.69. The summed E-state index contributed by atoms with van der Waals surface area (Å²) in [7, 11) is 0. The van der Waals surface area contributed by atoms with Gasteiger partial charge in [0.25, 0.3) is 0 Å². The smallest absolute Gasteiger partial charge is 0.0443 e. The van der Waals surface area contributed by atoms with Crippen molar-refractivity contribution in [1.29, 1.82) is 0 Å². The van der Waals surface area contributed by atoms with Crippen LogP contribution in [0.2, 0.25) is 0 Å². The molecule has 0 unspecified atom stereocenters. The molecule has 12 heavy (non-hydrogen) atoms. The first-order valence-electron chi connectivity index (χ1n) is 5.04. The second-order valence-corrected chi connectivity index (χ2v) is 4.26. The van der Waals surface area contributed by atoms with Gasteiger partial charge in [-0.15, -0.1) is 0 Å². The second-order valence-electron chi connectivity index (χ2n) is 4.26. The van der Waals surface area contributed by atoms with E-state index in [4.69, 9.17) is 4.99 Å². The molecule has 2 heteroatoms. The van der Waals surface area contributed by atoms with Crippen LogP contribution in [0.4, 0.5) is 0 Å². The average molecular weight is 166 g/mol. The Morgan fingerprint density at radius 3 is 2.42 bits per heavy atom. The molecule has 0 spiro atoms. The number of piperidine rings is 3. The van der Waals surface area contributed by atoms with E-state index in [-0.39, 0.29) is 0 Å². The lowest BCUT2D eigenvalue weighted by Crippen LogP contribution is -2.48. The molecule has 0 amide bonds. The molecule has 2 nitrogen and oxygen atoms in total. The topological polar surface area (TPSA) is 15.6 Å². The molecule has 0 aliphatic carbocycles. The van der Waals surface area contributed by atoms with E-state index in [1.165, 1.54) is 31.6 Å². The summed E-state index contributed by atoms with van der Waals surface area (Å²) < 4.78 is 0. The molecule has 0 N–H and O–H groups in total. The van der Waals surface area contributed by atoms with Crippen LogP contribution in [0, 0.1) is 5.92 Å². The van der Waals surface area contributed by atoms with E-state index < -0.39 is 0 Å². The highest BCUT2D eigenvalue weighted by Crippen LogP contribution is 2.25. The summed E-state index contributed by atoms with van der Waals surface area (Å²) in [6.45, 7) is 8.11. The summed E-state index contributed by atoms with van der Waals surface area (Å²) in [6, 6.07) is 0.487. The number of hydrogen-bond acceptors (Lipinski definition) is 2. The van der Waals surface area contributed by atoms with E-state index in [1.807, 2.05) is 0 Å². The highest BCUT2D eigenvalue weighted by Gasteiger charge is 2.30. The highest BCUT2D eigenvalue weighted by molar-refractivity contribution is 5.90. The summed E-state index contributed by atoms with van der Waals surface area (Å²) in [4.78, 5) is 7.22. The molecular formula is C10H18N2. The molecule has 0 saturated carbocycles. The number of aliphatic imine (C=N–C) groups is 1. The lowest BCUT2D eigenvalue weighted by Gasteiger charge is -2.40. The fraction of sp³-hybridized carbons (Fsp3) is 0.900. The first kappa shape index (κ1) is 8.24. The maximum absolute atomic E-state index is 4.69. The van der Waals surface area contributed by atoms with Crippen LogP contribution in [0.3, 0.4) is 0 Å². The van der Waals surface area contributed by atoms with E-state index in [0.29, 0.717) is 6.04 Å². The Morgan fingerprint density at radius 1 is 1.33 bits per heavy atom. The van der Waals surface area contributed by atoms with Crippen LogP contribution in [0.1, 0.15) is 26.7 Å². The number of rotatable bonds is 1. The minimum absolute atomic E-state index is 0.487. The first-order valence-corrected chi connectivity index (χ1v) is 5.04. The van der Waals surface area contributed by atoms with Gasteiger partial charge in [-0.2, -0.15) is 0 Å². The molecule has 2 bridgehead atoms. The first-order chi connectivity index (χ1) is 5.75. The van der Waals surface area contributed by atoms with Gasteiger partial charge in [0, 0.05) is 24.2 Å². The van der Waals surface area contributed by atoms with Crippen molar-refractivity contribution < 1.29 is 0 Å². The van der Waals surface area contributed by atoms with Crippen LogP contribution < -0.4 is 0 Å².